The molecule has 0 unspecified atom stereocenters. The van der Waals surface area contributed by atoms with E-state index in [2.05, 4.69) is 52.5 Å². The molecule has 3 heterocycles. The number of aromatic nitrogens is 2. The number of amides is 2. The highest BCUT2D eigenvalue weighted by molar-refractivity contribution is 9.10. The van der Waals surface area contributed by atoms with Gasteiger partial charge in [-0.2, -0.15) is 0 Å². The van der Waals surface area contributed by atoms with Crippen LogP contribution in [0, 0.1) is 0 Å². The first-order valence-corrected chi connectivity index (χ1v) is 10.6. The molecule has 148 valence electrons. The maximum absolute atomic E-state index is 12.2. The SMILES string of the molecule is O=C(C[NH+]1CC[NH+](CC(=O)Nc2ccc(Br)cn2)CC1)Nc1ccc(Br)cn1. The van der Waals surface area contributed by atoms with Gasteiger partial charge in [0.05, 0.1) is 0 Å². The van der Waals surface area contributed by atoms with Crippen LogP contribution in [0.5, 0.6) is 0 Å². The second-order valence-electron chi connectivity index (χ2n) is 6.67. The lowest BCUT2D eigenvalue weighted by atomic mass is 10.3. The van der Waals surface area contributed by atoms with Crippen molar-refractivity contribution in [3.8, 4) is 0 Å². The van der Waals surface area contributed by atoms with Crippen LogP contribution in [0.3, 0.4) is 0 Å². The molecule has 0 atom stereocenters. The maximum Gasteiger partial charge on any atom is 0.280 e. The summed E-state index contributed by atoms with van der Waals surface area (Å²) in [4.78, 5) is 35.1. The average Bonchev–Trinajstić information content (AvgIpc) is 2.67. The molecule has 0 aromatic carbocycles. The Labute approximate surface area is 180 Å². The lowest BCUT2D eigenvalue weighted by Gasteiger charge is -2.28. The minimum Gasteiger partial charge on any atom is -0.318 e. The molecule has 28 heavy (non-hydrogen) atoms. The van der Waals surface area contributed by atoms with Crippen molar-refractivity contribution in [1.82, 2.24) is 9.97 Å². The number of quaternary nitrogens is 2. The van der Waals surface area contributed by atoms with Gasteiger partial charge in [0.25, 0.3) is 11.8 Å². The third-order valence-corrected chi connectivity index (χ3v) is 5.41. The van der Waals surface area contributed by atoms with Crippen LogP contribution in [-0.4, -0.2) is 61.1 Å². The van der Waals surface area contributed by atoms with E-state index in [1.807, 2.05) is 12.1 Å². The summed E-state index contributed by atoms with van der Waals surface area (Å²) in [6, 6.07) is 7.20. The standard InChI is InChI=1S/C18H20Br2N6O2/c19-13-1-3-15(21-9-13)23-17(27)11-25-5-7-26(8-6-25)12-18(28)24-16-4-2-14(20)10-22-16/h1-4,9-10H,5-8,11-12H2,(H,21,23,27)(H,22,24,28)/p+2. The van der Waals surface area contributed by atoms with Gasteiger partial charge in [0.2, 0.25) is 0 Å². The van der Waals surface area contributed by atoms with Crippen LogP contribution in [0.1, 0.15) is 0 Å². The zero-order valence-corrected chi connectivity index (χ0v) is 18.3. The van der Waals surface area contributed by atoms with Gasteiger partial charge in [-0.05, 0) is 56.1 Å². The predicted molar refractivity (Wildman–Crippen MR) is 112 cm³/mol. The molecule has 1 saturated heterocycles. The Bertz CT molecular complexity index is 738. The first kappa shape index (κ1) is 20.8. The monoisotopic (exact) mass is 512 g/mol. The second-order valence-corrected chi connectivity index (χ2v) is 8.50. The van der Waals surface area contributed by atoms with Gasteiger partial charge in [-0.15, -0.1) is 0 Å². The molecule has 2 aromatic heterocycles. The second kappa shape index (κ2) is 10.1. The molecule has 1 fully saturated rings. The van der Waals surface area contributed by atoms with Crippen molar-refractivity contribution in [3.05, 3.63) is 45.6 Å². The number of rotatable bonds is 6. The Morgan fingerprint density at radius 3 is 1.50 bits per heavy atom. The van der Waals surface area contributed by atoms with Crippen molar-refractivity contribution in [2.45, 2.75) is 0 Å². The van der Waals surface area contributed by atoms with Crippen molar-refractivity contribution < 1.29 is 19.4 Å². The third kappa shape index (κ3) is 6.62. The van der Waals surface area contributed by atoms with Crippen LogP contribution in [0.15, 0.2) is 45.6 Å². The van der Waals surface area contributed by atoms with E-state index < -0.39 is 0 Å². The zero-order valence-electron chi connectivity index (χ0n) is 15.2. The number of carbonyl (C=O) groups excluding carboxylic acids is 2. The number of anilines is 2. The Morgan fingerprint density at radius 1 is 0.786 bits per heavy atom. The molecule has 0 spiro atoms. The lowest BCUT2D eigenvalue weighted by molar-refractivity contribution is -1.00. The molecular formula is C18H22Br2N6O2+2. The van der Waals surface area contributed by atoms with E-state index >= 15 is 0 Å². The first-order chi connectivity index (χ1) is 13.5. The van der Waals surface area contributed by atoms with Crippen LogP contribution >= 0.6 is 31.9 Å². The van der Waals surface area contributed by atoms with Gasteiger partial charge in [0.15, 0.2) is 13.1 Å². The highest BCUT2D eigenvalue weighted by atomic mass is 79.9. The molecule has 8 nitrogen and oxygen atoms in total. The number of hydrogen-bond acceptors (Lipinski definition) is 4. The van der Waals surface area contributed by atoms with Crippen molar-refractivity contribution in [3.63, 3.8) is 0 Å². The fourth-order valence-corrected chi connectivity index (χ4v) is 3.51. The smallest absolute Gasteiger partial charge is 0.280 e. The highest BCUT2D eigenvalue weighted by Gasteiger charge is 2.26. The van der Waals surface area contributed by atoms with E-state index in [1.54, 1.807) is 24.5 Å². The number of nitrogens with zero attached hydrogens (tertiary/aromatic N) is 2. The fourth-order valence-electron chi connectivity index (χ4n) is 3.04. The van der Waals surface area contributed by atoms with E-state index in [9.17, 15) is 9.59 Å². The number of nitrogens with one attached hydrogen (secondary N) is 4. The van der Waals surface area contributed by atoms with Crippen molar-refractivity contribution in [1.29, 1.82) is 0 Å². The Balaban J connectivity index is 1.37. The molecular weight excluding hydrogens is 492 g/mol. The molecule has 10 heteroatoms. The summed E-state index contributed by atoms with van der Waals surface area (Å²) in [5, 5.41) is 5.64. The van der Waals surface area contributed by atoms with Crippen LogP contribution in [0.4, 0.5) is 11.6 Å². The topological polar surface area (TPSA) is 92.9 Å². The number of halogens is 2. The Kier molecular flexibility index (Phi) is 7.49. The number of pyridine rings is 2. The molecule has 4 N–H and O–H groups in total. The summed E-state index contributed by atoms with van der Waals surface area (Å²) in [6.07, 6.45) is 3.30. The summed E-state index contributed by atoms with van der Waals surface area (Å²) < 4.78 is 1.74. The van der Waals surface area contributed by atoms with Gasteiger partial charge >= 0.3 is 0 Å². The quantitative estimate of drug-likeness (QED) is 0.413. The summed E-state index contributed by atoms with van der Waals surface area (Å²) in [6.45, 7) is 4.20. The number of carbonyl (C=O) groups is 2. The Morgan fingerprint density at radius 2 is 1.18 bits per heavy atom. The molecule has 0 saturated carbocycles. The normalized spacial score (nSPS) is 19.1. The van der Waals surface area contributed by atoms with Gasteiger partial charge in [0.1, 0.15) is 37.8 Å². The molecule has 0 radical (unpaired) electrons. The van der Waals surface area contributed by atoms with Crippen molar-refractivity contribution >= 4 is 55.3 Å². The lowest BCUT2D eigenvalue weighted by Crippen LogP contribution is -3.28. The molecule has 3 rings (SSSR count). The number of hydrogen-bond donors (Lipinski definition) is 4. The van der Waals surface area contributed by atoms with Gasteiger partial charge in [0, 0.05) is 21.3 Å². The predicted octanol–water partition coefficient (Wildman–Crippen LogP) is -0.638. The molecule has 0 bridgehead atoms. The van der Waals surface area contributed by atoms with Gasteiger partial charge in [-0.25, -0.2) is 9.97 Å². The number of piperazine rings is 1. The van der Waals surface area contributed by atoms with Crippen molar-refractivity contribution in [2.24, 2.45) is 0 Å². The van der Waals surface area contributed by atoms with E-state index in [1.165, 1.54) is 9.80 Å². The summed E-state index contributed by atoms with van der Waals surface area (Å²) in [5.74, 6) is 1.00. The van der Waals surface area contributed by atoms with Crippen LogP contribution in [0.25, 0.3) is 0 Å². The van der Waals surface area contributed by atoms with Crippen LogP contribution in [-0.2, 0) is 9.59 Å². The molecule has 0 aliphatic carbocycles. The molecule has 1 aliphatic heterocycles. The zero-order chi connectivity index (χ0) is 19.9. The van der Waals surface area contributed by atoms with E-state index in [-0.39, 0.29) is 11.8 Å². The highest BCUT2D eigenvalue weighted by Crippen LogP contribution is 2.10. The average molecular weight is 514 g/mol. The first-order valence-electron chi connectivity index (χ1n) is 8.98. The summed E-state index contributed by atoms with van der Waals surface area (Å²) in [5.41, 5.74) is 0. The van der Waals surface area contributed by atoms with Gasteiger partial charge < -0.3 is 20.4 Å². The third-order valence-electron chi connectivity index (χ3n) is 4.48. The van der Waals surface area contributed by atoms with E-state index in [0.717, 1.165) is 35.1 Å². The summed E-state index contributed by atoms with van der Waals surface area (Å²) in [7, 11) is 0. The minimum atomic E-state index is -0.0488. The molecule has 1 aliphatic rings. The van der Waals surface area contributed by atoms with E-state index in [4.69, 9.17) is 0 Å². The maximum atomic E-state index is 12.2. The largest absolute Gasteiger partial charge is 0.318 e. The fraction of sp³-hybridized carbons (Fsp3) is 0.333. The van der Waals surface area contributed by atoms with Crippen LogP contribution < -0.4 is 20.4 Å². The van der Waals surface area contributed by atoms with Crippen LogP contribution in [0.2, 0.25) is 0 Å². The van der Waals surface area contributed by atoms with E-state index in [0.29, 0.717) is 24.7 Å². The molecule has 2 aromatic rings. The van der Waals surface area contributed by atoms with Gasteiger partial charge in [-0.1, -0.05) is 0 Å². The summed E-state index contributed by atoms with van der Waals surface area (Å²) >= 11 is 6.64. The Hall–Kier alpha value is -1.88. The van der Waals surface area contributed by atoms with Gasteiger partial charge in [-0.3, -0.25) is 9.59 Å². The molecule has 2 amide bonds. The minimum absolute atomic E-state index is 0.0488. The van der Waals surface area contributed by atoms with Crippen molar-refractivity contribution in [2.75, 3.05) is 49.9 Å².